The van der Waals surface area contributed by atoms with Gasteiger partial charge in [-0.05, 0) is 55.9 Å². The molecule has 0 atom stereocenters. The van der Waals surface area contributed by atoms with Crippen LogP contribution in [0, 0.1) is 11.8 Å². The molecule has 0 amide bonds. The minimum Gasteiger partial charge on any atom is -0.396 e. The largest absolute Gasteiger partial charge is 0.396 e. The maximum atomic E-state index is 8.94. The minimum atomic E-state index is 0.212. The number of benzene rings is 1. The van der Waals surface area contributed by atoms with Crippen molar-refractivity contribution in [2.75, 3.05) is 13.2 Å². The van der Waals surface area contributed by atoms with E-state index in [0.29, 0.717) is 6.54 Å². The third-order valence-electron chi connectivity index (χ3n) is 3.75. The highest BCUT2D eigenvalue weighted by atomic mass is 16.2. The van der Waals surface area contributed by atoms with Crippen LogP contribution in [-0.2, 0) is 6.42 Å². The molecule has 0 aromatic heterocycles. The second-order valence-corrected chi connectivity index (χ2v) is 5.98. The van der Waals surface area contributed by atoms with Gasteiger partial charge >= 0.3 is 0 Å². The lowest BCUT2D eigenvalue weighted by molar-refractivity contribution is 0.289. The molecule has 0 heterocycles. The molecule has 0 aliphatic carbocycles. The average Bonchev–Trinajstić information content (AvgIpc) is 2.65. The SMILES string of the molecule is C/C=C\C=C(/C=NCCC#Cc1ccc(CCCC)cc1)CCCO. The summed E-state index contributed by atoms with van der Waals surface area (Å²) in [5, 5.41) is 8.94. The van der Waals surface area contributed by atoms with E-state index in [9.17, 15) is 0 Å². The van der Waals surface area contributed by atoms with Gasteiger partial charge in [0.25, 0.3) is 0 Å². The van der Waals surface area contributed by atoms with Gasteiger partial charge < -0.3 is 5.11 Å². The van der Waals surface area contributed by atoms with Gasteiger partial charge in [0.05, 0.1) is 0 Å². The number of hydrogen-bond donors (Lipinski definition) is 1. The van der Waals surface area contributed by atoms with Crippen LogP contribution in [0.5, 0.6) is 0 Å². The Morgan fingerprint density at radius 1 is 1.20 bits per heavy atom. The molecule has 0 radical (unpaired) electrons. The average molecular weight is 338 g/mol. The summed E-state index contributed by atoms with van der Waals surface area (Å²) < 4.78 is 0. The quantitative estimate of drug-likeness (QED) is 0.273. The van der Waals surface area contributed by atoms with Crippen molar-refractivity contribution in [1.82, 2.24) is 0 Å². The molecule has 1 aromatic carbocycles. The summed E-state index contributed by atoms with van der Waals surface area (Å²) in [6.07, 6.45) is 13.9. The molecule has 0 aliphatic heterocycles. The third kappa shape index (κ3) is 10.4. The molecule has 25 heavy (non-hydrogen) atoms. The van der Waals surface area contributed by atoms with Gasteiger partial charge in [-0.1, -0.05) is 55.5 Å². The number of unbranched alkanes of at least 4 members (excludes halogenated alkanes) is 1. The molecular formula is C23H31NO. The van der Waals surface area contributed by atoms with Crippen LogP contribution >= 0.6 is 0 Å². The van der Waals surface area contributed by atoms with Crippen molar-refractivity contribution in [3.63, 3.8) is 0 Å². The van der Waals surface area contributed by atoms with Crippen LogP contribution < -0.4 is 0 Å². The number of nitrogens with zero attached hydrogens (tertiary/aromatic N) is 1. The van der Waals surface area contributed by atoms with Crippen molar-refractivity contribution in [2.24, 2.45) is 4.99 Å². The smallest absolute Gasteiger partial charge is 0.0499 e. The summed E-state index contributed by atoms with van der Waals surface area (Å²) in [6, 6.07) is 8.57. The molecule has 1 rings (SSSR count). The number of aryl methyl sites for hydroxylation is 1. The van der Waals surface area contributed by atoms with Crippen molar-refractivity contribution < 1.29 is 5.11 Å². The van der Waals surface area contributed by atoms with Crippen molar-refractivity contribution >= 4 is 6.21 Å². The summed E-state index contributed by atoms with van der Waals surface area (Å²) >= 11 is 0. The molecule has 1 N–H and O–H groups in total. The van der Waals surface area contributed by atoms with E-state index in [4.69, 9.17) is 5.11 Å². The second kappa shape index (κ2) is 14.3. The second-order valence-electron chi connectivity index (χ2n) is 5.98. The molecule has 0 saturated heterocycles. The Hall–Kier alpha value is -2.11. The highest BCUT2D eigenvalue weighted by Gasteiger charge is 1.93. The summed E-state index contributed by atoms with van der Waals surface area (Å²) in [6.45, 7) is 5.12. The van der Waals surface area contributed by atoms with Crippen LogP contribution in [0.2, 0.25) is 0 Å². The first-order chi connectivity index (χ1) is 12.3. The first-order valence-corrected chi connectivity index (χ1v) is 9.30. The molecule has 0 fully saturated rings. The van der Waals surface area contributed by atoms with Crippen LogP contribution in [0.4, 0.5) is 0 Å². The number of allylic oxidation sites excluding steroid dienone is 4. The maximum Gasteiger partial charge on any atom is 0.0499 e. The zero-order chi connectivity index (χ0) is 18.2. The van der Waals surface area contributed by atoms with Crippen LogP contribution in [-0.4, -0.2) is 24.5 Å². The van der Waals surface area contributed by atoms with Crippen molar-refractivity contribution in [3.05, 3.63) is 59.2 Å². The van der Waals surface area contributed by atoms with Gasteiger partial charge in [0.1, 0.15) is 0 Å². The van der Waals surface area contributed by atoms with Gasteiger partial charge in [-0.3, -0.25) is 4.99 Å². The topological polar surface area (TPSA) is 32.6 Å². The molecule has 0 saturated carbocycles. The predicted octanol–water partition coefficient (Wildman–Crippen LogP) is 5.12. The monoisotopic (exact) mass is 337 g/mol. The van der Waals surface area contributed by atoms with Crippen LogP contribution in [0.1, 0.15) is 57.1 Å². The van der Waals surface area contributed by atoms with Crippen LogP contribution in [0.25, 0.3) is 0 Å². The van der Waals surface area contributed by atoms with Gasteiger partial charge in [0, 0.05) is 31.4 Å². The Morgan fingerprint density at radius 2 is 2.00 bits per heavy atom. The van der Waals surface area contributed by atoms with E-state index in [0.717, 1.165) is 36.8 Å². The van der Waals surface area contributed by atoms with Gasteiger partial charge in [-0.15, -0.1) is 0 Å². The number of rotatable bonds is 10. The molecule has 2 nitrogen and oxygen atoms in total. The Balaban J connectivity index is 2.42. The van der Waals surface area contributed by atoms with E-state index in [-0.39, 0.29) is 6.61 Å². The Labute approximate surface area is 153 Å². The molecule has 0 bridgehead atoms. The zero-order valence-electron chi connectivity index (χ0n) is 15.7. The first-order valence-electron chi connectivity index (χ1n) is 9.30. The van der Waals surface area contributed by atoms with Crippen molar-refractivity contribution in [2.45, 2.75) is 52.4 Å². The maximum absolute atomic E-state index is 8.94. The zero-order valence-corrected chi connectivity index (χ0v) is 15.7. The van der Waals surface area contributed by atoms with E-state index >= 15 is 0 Å². The Morgan fingerprint density at radius 3 is 2.68 bits per heavy atom. The van der Waals surface area contributed by atoms with Gasteiger partial charge in [0.2, 0.25) is 0 Å². The van der Waals surface area contributed by atoms with Crippen LogP contribution in [0.15, 0.2) is 53.1 Å². The fourth-order valence-electron chi connectivity index (χ4n) is 2.30. The van der Waals surface area contributed by atoms with Gasteiger partial charge in [-0.2, -0.15) is 0 Å². The third-order valence-corrected chi connectivity index (χ3v) is 3.75. The summed E-state index contributed by atoms with van der Waals surface area (Å²) in [7, 11) is 0. The highest BCUT2D eigenvalue weighted by molar-refractivity contribution is 5.78. The molecule has 0 spiro atoms. The Kier molecular flexibility index (Phi) is 11.9. The van der Waals surface area contributed by atoms with Crippen molar-refractivity contribution in [3.8, 4) is 11.8 Å². The number of aliphatic hydroxyl groups excluding tert-OH is 1. The lowest BCUT2D eigenvalue weighted by Crippen LogP contribution is -1.90. The fourth-order valence-corrected chi connectivity index (χ4v) is 2.30. The first kappa shape index (κ1) is 20.9. The number of hydrogen-bond acceptors (Lipinski definition) is 2. The van der Waals surface area contributed by atoms with E-state index < -0.39 is 0 Å². The van der Waals surface area contributed by atoms with E-state index in [1.54, 1.807) is 0 Å². The molecule has 2 heteroatoms. The molecule has 0 aliphatic rings. The minimum absolute atomic E-state index is 0.212. The van der Waals surface area contributed by atoms with Crippen LogP contribution in [0.3, 0.4) is 0 Å². The lowest BCUT2D eigenvalue weighted by Gasteiger charge is -1.99. The normalized spacial score (nSPS) is 11.9. The molecular weight excluding hydrogens is 306 g/mol. The van der Waals surface area contributed by atoms with Gasteiger partial charge in [0.15, 0.2) is 0 Å². The lowest BCUT2D eigenvalue weighted by atomic mass is 10.1. The fraction of sp³-hybridized carbons (Fsp3) is 0.435. The number of aliphatic imine (C=N–C) groups is 1. The predicted molar refractivity (Wildman–Crippen MR) is 109 cm³/mol. The molecule has 1 aromatic rings. The van der Waals surface area contributed by atoms with Gasteiger partial charge in [-0.25, -0.2) is 0 Å². The standard InChI is InChI=1S/C23H31NO/c1-3-5-10-21-14-16-22(17-15-21)12-7-8-18-24-20-23(11-6-4-2)13-9-19-25/h4,6,11,14-17,20,25H,3,5,8-10,13,18-19H2,1-2H3/b6-4-,23-11-,24-20?. The molecule has 134 valence electrons. The summed E-state index contributed by atoms with van der Waals surface area (Å²) in [4.78, 5) is 4.45. The van der Waals surface area contributed by atoms with Crippen molar-refractivity contribution in [1.29, 1.82) is 0 Å². The number of aliphatic hydroxyl groups is 1. The highest BCUT2D eigenvalue weighted by Crippen LogP contribution is 2.07. The summed E-state index contributed by atoms with van der Waals surface area (Å²) in [5.41, 5.74) is 3.60. The van der Waals surface area contributed by atoms with E-state index in [1.807, 2.05) is 31.4 Å². The molecule has 0 unspecified atom stereocenters. The Bertz CT molecular complexity index is 612. The van der Waals surface area contributed by atoms with E-state index in [2.05, 4.69) is 48.0 Å². The van der Waals surface area contributed by atoms with E-state index in [1.165, 1.54) is 18.4 Å². The summed E-state index contributed by atoms with van der Waals surface area (Å²) in [5.74, 6) is 6.39.